The van der Waals surface area contributed by atoms with Crippen molar-refractivity contribution in [2.45, 2.75) is 19.5 Å². The molecule has 2 rings (SSSR count). The normalized spacial score (nSPS) is 11.3. The van der Waals surface area contributed by atoms with Gasteiger partial charge in [0.05, 0.1) is 18.6 Å². The number of nitrogens with zero attached hydrogens (tertiary/aromatic N) is 2. The van der Waals surface area contributed by atoms with Gasteiger partial charge >= 0.3 is 12.1 Å². The summed E-state index contributed by atoms with van der Waals surface area (Å²) in [4.78, 5) is 28.9. The number of alkyl halides is 3. The van der Waals surface area contributed by atoms with Crippen molar-refractivity contribution in [2.75, 3.05) is 20.2 Å². The number of oxazole rings is 1. The van der Waals surface area contributed by atoms with E-state index >= 15 is 0 Å². The van der Waals surface area contributed by atoms with Gasteiger partial charge in [0.2, 0.25) is 5.89 Å². The van der Waals surface area contributed by atoms with Crippen molar-refractivity contribution in [1.82, 2.24) is 9.88 Å². The molecule has 9 heteroatoms. The number of esters is 1. The Kier molecular flexibility index (Phi) is 6.01. The fourth-order valence-electron chi connectivity index (χ4n) is 2.10. The van der Waals surface area contributed by atoms with Crippen molar-refractivity contribution in [2.24, 2.45) is 0 Å². The Bertz CT molecular complexity index is 769. The van der Waals surface area contributed by atoms with Crippen LogP contribution in [0.2, 0.25) is 0 Å². The molecule has 1 amide bonds. The molecule has 0 aliphatic rings. The summed E-state index contributed by atoms with van der Waals surface area (Å²) in [7, 11) is 1.49. The minimum atomic E-state index is -4.43. The van der Waals surface area contributed by atoms with E-state index in [1.165, 1.54) is 24.1 Å². The largest absolute Gasteiger partial charge is 0.466 e. The van der Waals surface area contributed by atoms with E-state index in [9.17, 15) is 22.8 Å². The van der Waals surface area contributed by atoms with Crippen molar-refractivity contribution in [1.29, 1.82) is 0 Å². The van der Waals surface area contributed by atoms with Gasteiger partial charge < -0.3 is 14.1 Å². The molecular weight excluding hydrogens is 353 g/mol. The lowest BCUT2D eigenvalue weighted by Crippen LogP contribution is -2.29. The number of rotatable bonds is 6. The van der Waals surface area contributed by atoms with E-state index in [4.69, 9.17) is 9.15 Å². The second-order valence-electron chi connectivity index (χ2n) is 5.39. The smallest absolute Gasteiger partial charge is 0.416 e. The zero-order valence-corrected chi connectivity index (χ0v) is 14.2. The highest BCUT2D eigenvalue weighted by molar-refractivity contribution is 5.92. The van der Waals surface area contributed by atoms with Gasteiger partial charge in [-0.25, -0.2) is 4.98 Å². The fraction of sp³-hybridized carbons (Fsp3) is 0.353. The van der Waals surface area contributed by atoms with E-state index in [0.717, 1.165) is 18.4 Å². The fourth-order valence-corrected chi connectivity index (χ4v) is 2.10. The third-order valence-corrected chi connectivity index (χ3v) is 3.49. The summed E-state index contributed by atoms with van der Waals surface area (Å²) >= 11 is 0. The van der Waals surface area contributed by atoms with Crippen molar-refractivity contribution < 1.29 is 31.9 Å². The lowest BCUT2D eigenvalue weighted by molar-refractivity contribution is -0.143. The number of aromatic nitrogens is 1. The topological polar surface area (TPSA) is 72.6 Å². The van der Waals surface area contributed by atoms with Crippen LogP contribution in [0.15, 0.2) is 34.9 Å². The van der Waals surface area contributed by atoms with Crippen LogP contribution in [-0.2, 0) is 15.7 Å². The average Bonchev–Trinajstić information content (AvgIpc) is 3.08. The van der Waals surface area contributed by atoms with E-state index in [1.54, 1.807) is 6.92 Å². The van der Waals surface area contributed by atoms with E-state index in [2.05, 4.69) is 4.98 Å². The summed E-state index contributed by atoms with van der Waals surface area (Å²) in [6.45, 7) is 2.08. The lowest BCUT2D eigenvalue weighted by atomic mass is 10.1. The lowest BCUT2D eigenvalue weighted by Gasteiger charge is -2.14. The van der Waals surface area contributed by atoms with E-state index in [0.29, 0.717) is 5.56 Å². The maximum Gasteiger partial charge on any atom is 0.416 e. The van der Waals surface area contributed by atoms with Crippen LogP contribution in [0.25, 0.3) is 11.5 Å². The summed E-state index contributed by atoms with van der Waals surface area (Å²) in [5.74, 6) is -0.866. The molecule has 0 atom stereocenters. The molecule has 0 bridgehead atoms. The third kappa shape index (κ3) is 4.84. The predicted octanol–water partition coefficient (Wildman–Crippen LogP) is 3.39. The molecule has 0 saturated heterocycles. The maximum absolute atomic E-state index is 12.6. The van der Waals surface area contributed by atoms with Gasteiger partial charge in [0.1, 0.15) is 6.26 Å². The van der Waals surface area contributed by atoms with Crippen LogP contribution in [0, 0.1) is 0 Å². The summed E-state index contributed by atoms with van der Waals surface area (Å²) < 4.78 is 47.7. The summed E-state index contributed by atoms with van der Waals surface area (Å²) in [5, 5.41) is 0. The zero-order valence-electron chi connectivity index (χ0n) is 14.2. The van der Waals surface area contributed by atoms with Crippen molar-refractivity contribution in [3.05, 3.63) is 41.8 Å². The first-order chi connectivity index (χ1) is 12.2. The molecule has 0 unspecified atom stereocenters. The molecule has 1 aromatic heterocycles. The maximum atomic E-state index is 12.6. The van der Waals surface area contributed by atoms with Crippen LogP contribution in [0.4, 0.5) is 13.2 Å². The Morgan fingerprint density at radius 3 is 2.46 bits per heavy atom. The quantitative estimate of drug-likeness (QED) is 0.729. The van der Waals surface area contributed by atoms with Crippen LogP contribution < -0.4 is 0 Å². The Labute approximate surface area is 147 Å². The molecule has 0 aliphatic carbocycles. The van der Waals surface area contributed by atoms with Gasteiger partial charge in [0.25, 0.3) is 5.91 Å². The Balaban J connectivity index is 2.04. The highest BCUT2D eigenvalue weighted by atomic mass is 19.4. The Morgan fingerprint density at radius 2 is 1.88 bits per heavy atom. The van der Waals surface area contributed by atoms with Crippen molar-refractivity contribution in [3.8, 4) is 11.5 Å². The van der Waals surface area contributed by atoms with Crippen molar-refractivity contribution >= 4 is 11.9 Å². The van der Waals surface area contributed by atoms with Crippen LogP contribution in [0.3, 0.4) is 0 Å². The molecule has 1 heterocycles. The number of halogens is 3. The zero-order chi connectivity index (χ0) is 19.3. The van der Waals surface area contributed by atoms with Gasteiger partial charge in [0.15, 0.2) is 5.69 Å². The summed E-state index contributed by atoms with van der Waals surface area (Å²) in [6, 6.07) is 4.25. The molecule has 0 spiro atoms. The first-order valence-corrected chi connectivity index (χ1v) is 7.76. The highest BCUT2D eigenvalue weighted by Crippen LogP contribution is 2.30. The van der Waals surface area contributed by atoms with Gasteiger partial charge in [-0.05, 0) is 31.2 Å². The van der Waals surface area contributed by atoms with E-state index < -0.39 is 23.6 Å². The standard InChI is InChI=1S/C17H17F3N2O4/c1-3-25-14(23)8-9-22(2)16(24)13-10-26-15(21-13)11-4-6-12(7-5-11)17(18,19)20/h4-7,10H,3,8-9H2,1-2H3. The molecular formula is C17H17F3N2O4. The number of ether oxygens (including phenoxy) is 1. The number of benzene rings is 1. The van der Waals surface area contributed by atoms with Gasteiger partial charge in [-0.2, -0.15) is 13.2 Å². The molecule has 0 fully saturated rings. The van der Waals surface area contributed by atoms with Gasteiger partial charge in [-0.15, -0.1) is 0 Å². The molecule has 0 N–H and O–H groups in total. The molecule has 6 nitrogen and oxygen atoms in total. The monoisotopic (exact) mass is 370 g/mol. The first-order valence-electron chi connectivity index (χ1n) is 7.76. The second kappa shape index (κ2) is 8.03. The molecule has 140 valence electrons. The number of hydrogen-bond acceptors (Lipinski definition) is 5. The summed E-state index contributed by atoms with van der Waals surface area (Å²) in [6.07, 6.45) is -3.27. The molecule has 2 aromatic rings. The first kappa shape index (κ1) is 19.5. The van der Waals surface area contributed by atoms with Crippen LogP contribution in [-0.4, -0.2) is 42.0 Å². The number of carbonyl (C=O) groups is 2. The number of carbonyl (C=O) groups excluding carboxylic acids is 2. The van der Waals surface area contributed by atoms with E-state index in [-0.39, 0.29) is 31.2 Å². The minimum absolute atomic E-state index is 0.00810. The van der Waals surface area contributed by atoms with Crippen LogP contribution >= 0.6 is 0 Å². The minimum Gasteiger partial charge on any atom is -0.466 e. The highest BCUT2D eigenvalue weighted by Gasteiger charge is 2.30. The second-order valence-corrected chi connectivity index (χ2v) is 5.39. The third-order valence-electron chi connectivity index (χ3n) is 3.49. The molecule has 1 aromatic carbocycles. The summed E-state index contributed by atoms with van der Waals surface area (Å²) in [5.41, 5.74) is -0.486. The average molecular weight is 370 g/mol. The molecule has 26 heavy (non-hydrogen) atoms. The predicted molar refractivity (Wildman–Crippen MR) is 85.2 cm³/mol. The molecule has 0 aliphatic heterocycles. The van der Waals surface area contributed by atoms with Gasteiger partial charge in [-0.1, -0.05) is 0 Å². The SMILES string of the molecule is CCOC(=O)CCN(C)C(=O)c1coc(-c2ccc(C(F)(F)F)cc2)n1. The number of hydrogen-bond donors (Lipinski definition) is 0. The molecule has 0 radical (unpaired) electrons. The Morgan fingerprint density at radius 1 is 1.23 bits per heavy atom. The van der Waals surface area contributed by atoms with Crippen LogP contribution in [0.1, 0.15) is 29.4 Å². The van der Waals surface area contributed by atoms with E-state index in [1.807, 2.05) is 0 Å². The van der Waals surface area contributed by atoms with Gasteiger partial charge in [-0.3, -0.25) is 9.59 Å². The molecule has 0 saturated carbocycles. The number of amides is 1. The Hall–Kier alpha value is -2.84. The van der Waals surface area contributed by atoms with Crippen LogP contribution in [0.5, 0.6) is 0 Å². The van der Waals surface area contributed by atoms with Crippen molar-refractivity contribution in [3.63, 3.8) is 0 Å². The van der Waals surface area contributed by atoms with Gasteiger partial charge in [0, 0.05) is 19.2 Å².